The summed E-state index contributed by atoms with van der Waals surface area (Å²) >= 11 is 0. The molecule has 0 bridgehead atoms. The molecule has 0 aromatic heterocycles. The lowest BCUT2D eigenvalue weighted by molar-refractivity contribution is 0.0554. The fraction of sp³-hybridized carbons (Fsp3) is 1.00. The molecule has 0 aliphatic heterocycles. The average molecular weight is 229 g/mol. The Labute approximate surface area is 99.9 Å². The molecule has 1 rings (SSSR count). The first-order valence-electron chi connectivity index (χ1n) is 6.56. The van der Waals surface area contributed by atoms with Gasteiger partial charge in [-0.1, -0.05) is 13.8 Å². The van der Waals surface area contributed by atoms with E-state index in [-0.39, 0.29) is 0 Å². The lowest BCUT2D eigenvalue weighted by Crippen LogP contribution is -2.38. The van der Waals surface area contributed by atoms with Crippen molar-refractivity contribution >= 4 is 0 Å². The molecule has 0 spiro atoms. The zero-order chi connectivity index (χ0) is 11.8. The van der Waals surface area contributed by atoms with Crippen molar-refractivity contribution in [2.24, 2.45) is 5.92 Å². The summed E-state index contributed by atoms with van der Waals surface area (Å²) in [4.78, 5) is 0. The molecule has 2 atom stereocenters. The van der Waals surface area contributed by atoms with Gasteiger partial charge < -0.3 is 14.8 Å². The number of methoxy groups -OCH3 is 1. The van der Waals surface area contributed by atoms with Crippen LogP contribution in [0.2, 0.25) is 0 Å². The van der Waals surface area contributed by atoms with Crippen LogP contribution in [-0.4, -0.2) is 39.0 Å². The number of nitrogens with one attached hydrogen (secondary N) is 1. The van der Waals surface area contributed by atoms with Crippen molar-refractivity contribution in [1.29, 1.82) is 0 Å². The second-order valence-electron chi connectivity index (χ2n) is 5.14. The molecule has 0 amide bonds. The summed E-state index contributed by atoms with van der Waals surface area (Å²) in [5, 5.41) is 3.55. The van der Waals surface area contributed by atoms with Crippen LogP contribution in [0.1, 0.15) is 39.5 Å². The largest absolute Gasteiger partial charge is 0.381 e. The topological polar surface area (TPSA) is 30.5 Å². The highest BCUT2D eigenvalue weighted by molar-refractivity contribution is 4.77. The first kappa shape index (κ1) is 13.9. The molecule has 1 saturated carbocycles. The molecule has 0 saturated heterocycles. The summed E-state index contributed by atoms with van der Waals surface area (Å²) in [5.41, 5.74) is 0. The van der Waals surface area contributed by atoms with Gasteiger partial charge in [-0.3, -0.25) is 0 Å². The maximum absolute atomic E-state index is 5.55. The average Bonchev–Trinajstić information content (AvgIpc) is 2.28. The molecule has 1 fully saturated rings. The van der Waals surface area contributed by atoms with E-state index in [1.54, 1.807) is 0 Å². The number of hydrogen-bond donors (Lipinski definition) is 1. The van der Waals surface area contributed by atoms with Crippen LogP contribution in [0, 0.1) is 5.92 Å². The van der Waals surface area contributed by atoms with Crippen LogP contribution >= 0.6 is 0 Å². The van der Waals surface area contributed by atoms with E-state index >= 15 is 0 Å². The predicted molar refractivity (Wildman–Crippen MR) is 66.7 cm³/mol. The Kier molecular flexibility index (Phi) is 7.01. The van der Waals surface area contributed by atoms with Crippen molar-refractivity contribution in [1.82, 2.24) is 5.32 Å². The molecule has 0 aromatic rings. The van der Waals surface area contributed by atoms with Gasteiger partial charge in [0.25, 0.3) is 0 Å². The summed E-state index contributed by atoms with van der Waals surface area (Å²) < 4.78 is 11.0. The first-order chi connectivity index (χ1) is 7.72. The van der Waals surface area contributed by atoms with Crippen LogP contribution in [0.25, 0.3) is 0 Å². The Morgan fingerprint density at radius 1 is 1.31 bits per heavy atom. The molecular weight excluding hydrogens is 202 g/mol. The molecule has 0 heterocycles. The second kappa shape index (κ2) is 8.04. The Morgan fingerprint density at radius 3 is 2.81 bits per heavy atom. The van der Waals surface area contributed by atoms with Crippen molar-refractivity contribution in [3.05, 3.63) is 0 Å². The van der Waals surface area contributed by atoms with Crippen molar-refractivity contribution in [2.75, 3.05) is 26.9 Å². The molecule has 1 aliphatic carbocycles. The van der Waals surface area contributed by atoms with Gasteiger partial charge in [0.2, 0.25) is 0 Å². The van der Waals surface area contributed by atoms with Crippen molar-refractivity contribution in [3.8, 4) is 0 Å². The highest BCUT2D eigenvalue weighted by atomic mass is 16.5. The highest BCUT2D eigenvalue weighted by Crippen LogP contribution is 2.20. The zero-order valence-electron chi connectivity index (χ0n) is 11.0. The summed E-state index contributed by atoms with van der Waals surface area (Å²) in [5.74, 6) is 0.632. The fourth-order valence-corrected chi connectivity index (χ4v) is 2.20. The van der Waals surface area contributed by atoms with Crippen LogP contribution in [0.4, 0.5) is 0 Å². The molecule has 3 heteroatoms. The standard InChI is InChI=1S/C13H27NO2/c1-11(2)10-16-8-7-14-12-5-4-6-13(9-12)15-3/h11-14H,4-10H2,1-3H3. The molecule has 1 aliphatic rings. The van der Waals surface area contributed by atoms with Crippen molar-refractivity contribution < 1.29 is 9.47 Å². The predicted octanol–water partition coefficient (Wildman–Crippen LogP) is 2.21. The number of hydrogen-bond acceptors (Lipinski definition) is 3. The number of rotatable bonds is 7. The lowest BCUT2D eigenvalue weighted by Gasteiger charge is -2.28. The van der Waals surface area contributed by atoms with Gasteiger partial charge in [-0.25, -0.2) is 0 Å². The molecular formula is C13H27NO2. The lowest BCUT2D eigenvalue weighted by atomic mass is 9.93. The summed E-state index contributed by atoms with van der Waals surface area (Å²) in [6.45, 7) is 7.02. The monoisotopic (exact) mass is 229 g/mol. The van der Waals surface area contributed by atoms with E-state index in [0.717, 1.165) is 26.2 Å². The van der Waals surface area contributed by atoms with Crippen LogP contribution in [0.5, 0.6) is 0 Å². The van der Waals surface area contributed by atoms with Crippen LogP contribution < -0.4 is 5.32 Å². The first-order valence-corrected chi connectivity index (χ1v) is 6.56. The van der Waals surface area contributed by atoms with Gasteiger partial charge in [0.05, 0.1) is 12.7 Å². The SMILES string of the molecule is COC1CCCC(NCCOCC(C)C)C1. The van der Waals surface area contributed by atoms with E-state index in [9.17, 15) is 0 Å². The van der Waals surface area contributed by atoms with Gasteiger partial charge >= 0.3 is 0 Å². The van der Waals surface area contributed by atoms with E-state index < -0.39 is 0 Å². The highest BCUT2D eigenvalue weighted by Gasteiger charge is 2.20. The zero-order valence-corrected chi connectivity index (χ0v) is 11.0. The Bertz CT molecular complexity index is 173. The van der Waals surface area contributed by atoms with Crippen LogP contribution in [0.15, 0.2) is 0 Å². The minimum Gasteiger partial charge on any atom is -0.381 e. The second-order valence-corrected chi connectivity index (χ2v) is 5.14. The smallest absolute Gasteiger partial charge is 0.0591 e. The Hall–Kier alpha value is -0.120. The van der Waals surface area contributed by atoms with E-state index in [1.807, 2.05) is 7.11 Å². The molecule has 2 unspecified atom stereocenters. The molecule has 96 valence electrons. The minimum absolute atomic E-state index is 0.461. The summed E-state index contributed by atoms with van der Waals surface area (Å²) in [7, 11) is 1.82. The van der Waals surface area contributed by atoms with Crippen molar-refractivity contribution in [3.63, 3.8) is 0 Å². The van der Waals surface area contributed by atoms with Gasteiger partial charge in [-0.05, 0) is 31.6 Å². The van der Waals surface area contributed by atoms with Gasteiger partial charge in [0.15, 0.2) is 0 Å². The maximum atomic E-state index is 5.55. The third kappa shape index (κ3) is 5.83. The molecule has 3 nitrogen and oxygen atoms in total. The fourth-order valence-electron chi connectivity index (χ4n) is 2.20. The summed E-state index contributed by atoms with van der Waals surface area (Å²) in [6.07, 6.45) is 5.40. The van der Waals surface area contributed by atoms with E-state index in [0.29, 0.717) is 18.1 Å². The van der Waals surface area contributed by atoms with Gasteiger partial charge in [0, 0.05) is 26.3 Å². The Balaban J connectivity index is 1.99. The van der Waals surface area contributed by atoms with Crippen LogP contribution in [-0.2, 0) is 9.47 Å². The normalized spacial score (nSPS) is 26.2. The van der Waals surface area contributed by atoms with E-state index in [4.69, 9.17) is 9.47 Å². The maximum Gasteiger partial charge on any atom is 0.0591 e. The quantitative estimate of drug-likeness (QED) is 0.679. The third-order valence-corrected chi connectivity index (χ3v) is 3.09. The van der Waals surface area contributed by atoms with Crippen LogP contribution in [0.3, 0.4) is 0 Å². The molecule has 16 heavy (non-hydrogen) atoms. The van der Waals surface area contributed by atoms with Crippen molar-refractivity contribution in [2.45, 2.75) is 51.7 Å². The number of ether oxygens (including phenoxy) is 2. The van der Waals surface area contributed by atoms with Gasteiger partial charge in [-0.2, -0.15) is 0 Å². The molecule has 1 N–H and O–H groups in total. The van der Waals surface area contributed by atoms with E-state index in [2.05, 4.69) is 19.2 Å². The van der Waals surface area contributed by atoms with Gasteiger partial charge in [-0.15, -0.1) is 0 Å². The minimum atomic E-state index is 0.461. The van der Waals surface area contributed by atoms with Gasteiger partial charge in [0.1, 0.15) is 0 Å². The Morgan fingerprint density at radius 2 is 2.12 bits per heavy atom. The molecule has 0 aromatic carbocycles. The molecule has 0 radical (unpaired) electrons. The third-order valence-electron chi connectivity index (χ3n) is 3.09. The summed E-state index contributed by atoms with van der Waals surface area (Å²) in [6, 6.07) is 0.626. The van der Waals surface area contributed by atoms with E-state index in [1.165, 1.54) is 19.3 Å².